The summed E-state index contributed by atoms with van der Waals surface area (Å²) in [4.78, 5) is 31.6. The molecule has 0 aromatic heterocycles. The lowest BCUT2D eigenvalue weighted by Gasteiger charge is -2.34. The van der Waals surface area contributed by atoms with Gasteiger partial charge in [-0.25, -0.2) is 0 Å². The Bertz CT molecular complexity index is 850. The summed E-state index contributed by atoms with van der Waals surface area (Å²) in [7, 11) is 0. The number of carbonyl (C=O) groups is 2. The summed E-state index contributed by atoms with van der Waals surface area (Å²) in [5.41, 5.74) is 2.46. The molecule has 1 atom stereocenters. The minimum absolute atomic E-state index is 0.00613. The quantitative estimate of drug-likeness (QED) is 0.710. The minimum atomic E-state index is -0.237. The van der Waals surface area contributed by atoms with Crippen LogP contribution in [0.15, 0.2) is 60.7 Å². The number of hydrogen-bond acceptors (Lipinski definition) is 4. The number of nitrogens with one attached hydrogen (secondary N) is 1. The van der Waals surface area contributed by atoms with Crippen molar-refractivity contribution in [3.05, 3.63) is 71.8 Å². The Morgan fingerprint density at radius 2 is 1.42 bits per heavy atom. The van der Waals surface area contributed by atoms with Crippen LogP contribution in [0.4, 0.5) is 0 Å². The highest BCUT2D eigenvalue weighted by atomic mass is 16.2. The number of piperazine rings is 1. The van der Waals surface area contributed by atoms with Gasteiger partial charge in [-0.15, -0.1) is 0 Å². The third-order valence-corrected chi connectivity index (χ3v) is 6.24. The van der Waals surface area contributed by atoms with Crippen molar-refractivity contribution in [2.24, 2.45) is 5.92 Å². The number of benzene rings is 2. The van der Waals surface area contributed by atoms with Crippen molar-refractivity contribution >= 4 is 11.8 Å². The van der Waals surface area contributed by atoms with Gasteiger partial charge in [0.15, 0.2) is 0 Å². The molecule has 0 aliphatic carbocycles. The maximum absolute atomic E-state index is 12.6. The zero-order valence-corrected chi connectivity index (χ0v) is 18.1. The summed E-state index contributed by atoms with van der Waals surface area (Å²) in [5, 5.41) is 3.05. The molecule has 2 saturated heterocycles. The fraction of sp³-hybridized carbons (Fsp3) is 0.440. The van der Waals surface area contributed by atoms with E-state index in [2.05, 4.69) is 45.4 Å². The molecule has 0 radical (unpaired) electrons. The van der Waals surface area contributed by atoms with Crippen LogP contribution in [0.5, 0.6) is 0 Å². The molecule has 2 amide bonds. The Morgan fingerprint density at radius 1 is 0.839 bits per heavy atom. The van der Waals surface area contributed by atoms with Crippen molar-refractivity contribution in [1.82, 2.24) is 20.0 Å². The van der Waals surface area contributed by atoms with Crippen LogP contribution < -0.4 is 5.32 Å². The van der Waals surface area contributed by atoms with E-state index in [1.807, 2.05) is 30.3 Å². The lowest BCUT2D eigenvalue weighted by Crippen LogP contribution is -2.48. The van der Waals surface area contributed by atoms with Crippen LogP contribution in [0.2, 0.25) is 0 Å². The zero-order valence-electron chi connectivity index (χ0n) is 18.1. The molecule has 2 fully saturated rings. The highest BCUT2D eigenvalue weighted by Crippen LogP contribution is 2.20. The molecule has 0 spiro atoms. The van der Waals surface area contributed by atoms with Gasteiger partial charge in [0, 0.05) is 65.3 Å². The van der Waals surface area contributed by atoms with Crippen LogP contribution in [0.25, 0.3) is 0 Å². The maximum Gasteiger partial charge on any atom is 0.225 e. The lowest BCUT2D eigenvalue weighted by molar-refractivity contribution is -0.129. The highest BCUT2D eigenvalue weighted by Gasteiger charge is 2.34. The highest BCUT2D eigenvalue weighted by molar-refractivity contribution is 5.89. The van der Waals surface area contributed by atoms with Crippen molar-refractivity contribution in [2.75, 3.05) is 45.8 Å². The molecule has 2 aromatic carbocycles. The van der Waals surface area contributed by atoms with Crippen molar-refractivity contribution < 1.29 is 9.59 Å². The predicted molar refractivity (Wildman–Crippen MR) is 121 cm³/mol. The summed E-state index contributed by atoms with van der Waals surface area (Å²) in [6.45, 7) is 7.74. The predicted octanol–water partition coefficient (Wildman–Crippen LogP) is 1.97. The van der Waals surface area contributed by atoms with Crippen LogP contribution in [-0.2, 0) is 22.7 Å². The van der Waals surface area contributed by atoms with Gasteiger partial charge in [0.25, 0.3) is 0 Å². The van der Waals surface area contributed by atoms with E-state index in [9.17, 15) is 9.59 Å². The van der Waals surface area contributed by atoms with E-state index in [0.29, 0.717) is 26.1 Å². The number of nitrogens with zero attached hydrogens (tertiary/aromatic N) is 3. The van der Waals surface area contributed by atoms with Crippen LogP contribution in [0.3, 0.4) is 0 Å². The topological polar surface area (TPSA) is 55.9 Å². The first-order chi connectivity index (χ1) is 15.2. The van der Waals surface area contributed by atoms with Gasteiger partial charge >= 0.3 is 0 Å². The molecule has 1 unspecified atom stereocenters. The van der Waals surface area contributed by atoms with Gasteiger partial charge in [-0.1, -0.05) is 60.7 Å². The third-order valence-electron chi connectivity index (χ3n) is 6.24. The van der Waals surface area contributed by atoms with Crippen LogP contribution in [0.1, 0.15) is 17.5 Å². The van der Waals surface area contributed by atoms with Crippen molar-refractivity contribution in [3.8, 4) is 0 Å². The fourth-order valence-corrected chi connectivity index (χ4v) is 4.40. The fourth-order valence-electron chi connectivity index (χ4n) is 4.40. The van der Waals surface area contributed by atoms with Crippen LogP contribution >= 0.6 is 0 Å². The van der Waals surface area contributed by atoms with Gasteiger partial charge in [0.2, 0.25) is 11.8 Å². The average Bonchev–Trinajstić information content (AvgIpc) is 3.16. The molecule has 6 nitrogen and oxygen atoms in total. The average molecular weight is 421 g/mol. The van der Waals surface area contributed by atoms with E-state index in [1.165, 1.54) is 5.56 Å². The standard InChI is InChI=1S/C25H32N4O2/c30-24-17-23(20-29(24)19-22-9-5-2-6-10-22)25(31)26-11-12-27-13-15-28(16-14-27)18-21-7-3-1-4-8-21/h1-10,23H,11-20H2,(H,26,31). The summed E-state index contributed by atoms with van der Waals surface area (Å²) in [6, 6.07) is 20.5. The van der Waals surface area contributed by atoms with Crippen LogP contribution in [0, 0.1) is 5.92 Å². The molecule has 6 heteroatoms. The van der Waals surface area contributed by atoms with Gasteiger partial charge in [0.1, 0.15) is 0 Å². The normalized spacial score (nSPS) is 20.2. The SMILES string of the molecule is O=C(NCCN1CCN(Cc2ccccc2)CC1)C1CC(=O)N(Cc2ccccc2)C1. The first-order valence-electron chi connectivity index (χ1n) is 11.3. The molecule has 0 saturated carbocycles. The van der Waals surface area contributed by atoms with E-state index in [4.69, 9.17) is 0 Å². The lowest BCUT2D eigenvalue weighted by atomic mass is 10.1. The molecule has 31 heavy (non-hydrogen) atoms. The third kappa shape index (κ3) is 6.15. The van der Waals surface area contributed by atoms with Crippen LogP contribution in [-0.4, -0.2) is 72.3 Å². The van der Waals surface area contributed by atoms with Crippen molar-refractivity contribution in [3.63, 3.8) is 0 Å². The summed E-state index contributed by atoms with van der Waals surface area (Å²) in [5.74, 6) is -0.163. The summed E-state index contributed by atoms with van der Waals surface area (Å²) < 4.78 is 0. The molecule has 164 valence electrons. The Balaban J connectivity index is 1.14. The molecular formula is C25H32N4O2. The van der Waals surface area contributed by atoms with Gasteiger partial charge in [0.05, 0.1) is 5.92 Å². The molecule has 2 aromatic rings. The largest absolute Gasteiger partial charge is 0.355 e. The Labute approximate surface area is 184 Å². The number of amides is 2. The molecular weight excluding hydrogens is 388 g/mol. The second-order valence-corrected chi connectivity index (χ2v) is 8.56. The molecule has 2 aliphatic heterocycles. The Hall–Kier alpha value is -2.70. The monoisotopic (exact) mass is 420 g/mol. The second-order valence-electron chi connectivity index (χ2n) is 8.56. The van der Waals surface area contributed by atoms with Gasteiger partial charge in [-0.05, 0) is 11.1 Å². The molecule has 0 bridgehead atoms. The van der Waals surface area contributed by atoms with Gasteiger partial charge < -0.3 is 10.2 Å². The van der Waals surface area contributed by atoms with E-state index >= 15 is 0 Å². The molecule has 4 rings (SSSR count). The van der Waals surface area contributed by atoms with E-state index in [0.717, 1.165) is 44.8 Å². The van der Waals surface area contributed by atoms with Crippen molar-refractivity contribution in [2.45, 2.75) is 19.5 Å². The molecule has 2 aliphatic rings. The smallest absolute Gasteiger partial charge is 0.225 e. The Kier molecular flexibility index (Phi) is 7.33. The minimum Gasteiger partial charge on any atom is -0.355 e. The Morgan fingerprint density at radius 3 is 2.06 bits per heavy atom. The second kappa shape index (κ2) is 10.6. The van der Waals surface area contributed by atoms with Gasteiger partial charge in [-0.3, -0.25) is 19.4 Å². The van der Waals surface area contributed by atoms with Crippen molar-refractivity contribution in [1.29, 1.82) is 0 Å². The maximum atomic E-state index is 12.6. The summed E-state index contributed by atoms with van der Waals surface area (Å²) >= 11 is 0. The molecule has 2 heterocycles. The van der Waals surface area contributed by atoms with E-state index < -0.39 is 0 Å². The zero-order chi connectivity index (χ0) is 21.5. The number of rotatable bonds is 8. The summed E-state index contributed by atoms with van der Waals surface area (Å²) in [6.07, 6.45) is 0.316. The first-order valence-corrected chi connectivity index (χ1v) is 11.3. The number of carbonyl (C=O) groups excluding carboxylic acids is 2. The molecule has 1 N–H and O–H groups in total. The van der Waals surface area contributed by atoms with Gasteiger partial charge in [-0.2, -0.15) is 0 Å². The number of likely N-dealkylation sites (tertiary alicyclic amines) is 1. The number of hydrogen-bond donors (Lipinski definition) is 1. The first kappa shape index (κ1) is 21.5. The van der Waals surface area contributed by atoms with E-state index in [-0.39, 0.29) is 17.7 Å². The van der Waals surface area contributed by atoms with E-state index in [1.54, 1.807) is 4.90 Å².